The summed E-state index contributed by atoms with van der Waals surface area (Å²) in [7, 11) is 0. The molecule has 7 heteroatoms. The van der Waals surface area contributed by atoms with Gasteiger partial charge in [0.05, 0.1) is 18.2 Å². The molecule has 0 aliphatic heterocycles. The Bertz CT molecular complexity index is 959. The van der Waals surface area contributed by atoms with Crippen molar-refractivity contribution in [1.82, 2.24) is 14.1 Å². The predicted molar refractivity (Wildman–Crippen MR) is 105 cm³/mol. The quantitative estimate of drug-likeness (QED) is 0.596. The molecule has 1 aromatic carbocycles. The highest BCUT2D eigenvalue weighted by Crippen LogP contribution is 2.25. The number of carboxylic acid groups (broad SMARTS) is 1. The third kappa shape index (κ3) is 4.04. The van der Waals surface area contributed by atoms with Crippen LogP contribution in [0.25, 0.3) is 5.69 Å². The van der Waals surface area contributed by atoms with Crippen molar-refractivity contribution < 1.29 is 9.90 Å². The number of rotatable bonds is 7. The molecule has 0 unspecified atom stereocenters. The van der Waals surface area contributed by atoms with Crippen LogP contribution in [-0.4, -0.2) is 20.1 Å². The maximum atomic E-state index is 11.4. The second kappa shape index (κ2) is 8.19. The third-order valence-electron chi connectivity index (χ3n) is 4.54. The fourth-order valence-corrected chi connectivity index (χ4v) is 3.48. The molecule has 2 heterocycles. The number of halogens is 2. The largest absolute Gasteiger partial charge is 0.543 e. The van der Waals surface area contributed by atoms with E-state index in [-0.39, 0.29) is 5.69 Å². The number of aryl methyl sites for hydroxylation is 2. The number of carboxylic acids is 1. The van der Waals surface area contributed by atoms with Crippen LogP contribution in [0.4, 0.5) is 0 Å². The first-order chi connectivity index (χ1) is 12.9. The molecule has 0 radical (unpaired) electrons. The van der Waals surface area contributed by atoms with Gasteiger partial charge in [-0.3, -0.25) is 0 Å². The Hall–Kier alpha value is -2.24. The maximum absolute atomic E-state index is 11.4. The van der Waals surface area contributed by atoms with Gasteiger partial charge in [0.25, 0.3) is 0 Å². The van der Waals surface area contributed by atoms with Gasteiger partial charge in [-0.1, -0.05) is 48.7 Å². The average Bonchev–Trinajstić information content (AvgIpc) is 3.15. The van der Waals surface area contributed by atoms with Crippen LogP contribution in [0.5, 0.6) is 0 Å². The van der Waals surface area contributed by atoms with Gasteiger partial charge in [-0.25, -0.2) is 4.98 Å². The summed E-state index contributed by atoms with van der Waals surface area (Å²) in [4.78, 5) is 15.7. The summed E-state index contributed by atoms with van der Waals surface area (Å²) in [6.07, 6.45) is 4.62. The summed E-state index contributed by atoms with van der Waals surface area (Å²) >= 11 is 12.4. The first-order valence-electron chi connectivity index (χ1n) is 8.81. The third-order valence-corrected chi connectivity index (χ3v) is 5.28. The summed E-state index contributed by atoms with van der Waals surface area (Å²) in [6.45, 7) is 4.42. The molecule has 0 N–H and O–H groups in total. The van der Waals surface area contributed by atoms with Crippen LogP contribution in [-0.2, 0) is 13.0 Å². The van der Waals surface area contributed by atoms with E-state index in [1.54, 1.807) is 23.8 Å². The lowest BCUT2D eigenvalue weighted by Crippen LogP contribution is -2.26. The van der Waals surface area contributed by atoms with E-state index in [1.165, 1.54) is 0 Å². The topological polar surface area (TPSA) is 62.9 Å². The first-order valence-corrected chi connectivity index (χ1v) is 9.57. The van der Waals surface area contributed by atoms with E-state index in [0.717, 1.165) is 36.3 Å². The van der Waals surface area contributed by atoms with Crippen molar-refractivity contribution in [3.63, 3.8) is 0 Å². The predicted octanol–water partition coefficient (Wildman–Crippen LogP) is 4.04. The normalized spacial score (nSPS) is 11.1. The Balaban J connectivity index is 1.86. The van der Waals surface area contributed by atoms with E-state index in [2.05, 4.69) is 11.9 Å². The molecule has 27 heavy (non-hydrogen) atoms. The van der Waals surface area contributed by atoms with E-state index in [4.69, 9.17) is 23.2 Å². The molecule has 142 valence electrons. The highest BCUT2D eigenvalue weighted by atomic mass is 35.5. The van der Waals surface area contributed by atoms with Crippen molar-refractivity contribution in [2.75, 3.05) is 0 Å². The summed E-state index contributed by atoms with van der Waals surface area (Å²) in [5.41, 5.74) is 2.60. The molecule has 3 rings (SSSR count). The molecule has 0 atom stereocenters. The molecule has 3 aromatic rings. The van der Waals surface area contributed by atoms with Crippen LogP contribution < -0.4 is 5.11 Å². The monoisotopic (exact) mass is 404 g/mol. The van der Waals surface area contributed by atoms with Crippen molar-refractivity contribution >= 4 is 29.2 Å². The smallest absolute Gasteiger partial charge is 0.166 e. The minimum absolute atomic E-state index is 0.161. The average molecular weight is 405 g/mol. The SMILES string of the molecule is CCCCc1nc(Cl)c(Cl)n1Cc1ccc(-n2ccc(C)c2C(=O)[O-])cc1. The van der Waals surface area contributed by atoms with Crippen LogP contribution in [0.15, 0.2) is 36.5 Å². The molecule has 2 aromatic heterocycles. The number of aromatic carboxylic acids is 1. The van der Waals surface area contributed by atoms with Crippen molar-refractivity contribution in [3.8, 4) is 5.69 Å². The molecule has 0 saturated heterocycles. The first kappa shape index (κ1) is 19.5. The van der Waals surface area contributed by atoms with Gasteiger partial charge in [0, 0.05) is 18.3 Å². The number of imidazole rings is 1. The number of carbonyl (C=O) groups is 1. The van der Waals surface area contributed by atoms with Crippen LogP contribution in [0, 0.1) is 6.92 Å². The zero-order valence-corrected chi connectivity index (χ0v) is 16.7. The van der Waals surface area contributed by atoms with Gasteiger partial charge in [0.15, 0.2) is 5.15 Å². The van der Waals surface area contributed by atoms with Gasteiger partial charge < -0.3 is 19.0 Å². The molecule has 0 aliphatic rings. The van der Waals surface area contributed by atoms with E-state index in [0.29, 0.717) is 22.4 Å². The summed E-state index contributed by atoms with van der Waals surface area (Å²) in [6, 6.07) is 9.39. The molecular formula is C20H20Cl2N3O2-. The summed E-state index contributed by atoms with van der Waals surface area (Å²) < 4.78 is 3.53. The highest BCUT2D eigenvalue weighted by molar-refractivity contribution is 6.40. The summed E-state index contributed by atoms with van der Waals surface area (Å²) in [5.74, 6) is -0.321. The van der Waals surface area contributed by atoms with Gasteiger partial charge in [-0.2, -0.15) is 0 Å². The second-order valence-electron chi connectivity index (χ2n) is 6.47. The van der Waals surface area contributed by atoms with Gasteiger partial charge in [-0.15, -0.1) is 0 Å². The van der Waals surface area contributed by atoms with Gasteiger partial charge in [-0.05, 0) is 42.7 Å². The fourth-order valence-electron chi connectivity index (χ4n) is 3.08. The molecule has 5 nitrogen and oxygen atoms in total. The van der Waals surface area contributed by atoms with Crippen molar-refractivity contribution in [2.24, 2.45) is 0 Å². The van der Waals surface area contributed by atoms with Crippen molar-refractivity contribution in [2.45, 2.75) is 39.7 Å². The molecule has 0 aliphatic carbocycles. The Morgan fingerprint density at radius 3 is 2.52 bits per heavy atom. The summed E-state index contributed by atoms with van der Waals surface area (Å²) in [5, 5.41) is 12.1. The zero-order valence-electron chi connectivity index (χ0n) is 15.2. The minimum Gasteiger partial charge on any atom is -0.543 e. The van der Waals surface area contributed by atoms with E-state index in [1.807, 2.05) is 28.8 Å². The van der Waals surface area contributed by atoms with Crippen LogP contribution in [0.3, 0.4) is 0 Å². The second-order valence-corrected chi connectivity index (χ2v) is 7.19. The van der Waals surface area contributed by atoms with Crippen LogP contribution >= 0.6 is 23.2 Å². The molecule has 0 amide bonds. The Morgan fingerprint density at radius 1 is 1.19 bits per heavy atom. The Kier molecular flexibility index (Phi) is 5.92. The molecule has 0 bridgehead atoms. The Morgan fingerprint density at radius 2 is 1.89 bits per heavy atom. The van der Waals surface area contributed by atoms with Crippen molar-refractivity contribution in [1.29, 1.82) is 0 Å². The van der Waals surface area contributed by atoms with Crippen LogP contribution in [0.1, 0.15) is 47.2 Å². The highest BCUT2D eigenvalue weighted by Gasteiger charge is 2.14. The molecule has 0 fully saturated rings. The number of hydrogen-bond acceptors (Lipinski definition) is 3. The molecular weight excluding hydrogens is 385 g/mol. The zero-order chi connectivity index (χ0) is 19.6. The number of nitrogens with zero attached hydrogens (tertiary/aromatic N) is 3. The fraction of sp³-hybridized carbons (Fsp3) is 0.300. The van der Waals surface area contributed by atoms with Gasteiger partial charge in [0.1, 0.15) is 11.0 Å². The van der Waals surface area contributed by atoms with Gasteiger partial charge in [0.2, 0.25) is 0 Å². The lowest BCUT2D eigenvalue weighted by molar-refractivity contribution is -0.255. The Labute approximate surface area is 168 Å². The number of benzene rings is 1. The van der Waals surface area contributed by atoms with Gasteiger partial charge >= 0.3 is 0 Å². The van der Waals surface area contributed by atoms with E-state index in [9.17, 15) is 9.90 Å². The standard InChI is InChI=1S/C20H21Cl2N3O2/c1-3-4-5-16-23-18(21)19(22)25(16)12-14-6-8-15(9-7-14)24-11-10-13(2)17(24)20(26)27/h6-11H,3-5,12H2,1-2H3,(H,26,27)/p-1. The lowest BCUT2D eigenvalue weighted by atomic mass is 10.2. The molecule has 0 saturated carbocycles. The van der Waals surface area contributed by atoms with Crippen molar-refractivity contribution in [3.05, 3.63) is 69.5 Å². The van der Waals surface area contributed by atoms with E-state index < -0.39 is 5.97 Å². The number of hydrogen-bond donors (Lipinski definition) is 0. The molecule has 0 spiro atoms. The number of carbonyl (C=O) groups excluding carboxylic acids is 1. The number of unbranched alkanes of at least 4 members (excludes halogenated alkanes) is 1. The van der Waals surface area contributed by atoms with Crippen LogP contribution in [0.2, 0.25) is 10.3 Å². The number of aromatic nitrogens is 3. The van der Waals surface area contributed by atoms with E-state index >= 15 is 0 Å². The lowest BCUT2D eigenvalue weighted by Gasteiger charge is -2.13. The maximum Gasteiger partial charge on any atom is 0.166 e. The minimum atomic E-state index is -1.19.